The number of anilines is 2. The number of aliphatic hydroxyl groups is 1. The Hall–Kier alpha value is -2.55. The van der Waals surface area contributed by atoms with E-state index in [1.54, 1.807) is 0 Å². The number of halogens is 3. The van der Waals surface area contributed by atoms with Crippen LogP contribution < -0.4 is 10.6 Å². The van der Waals surface area contributed by atoms with E-state index in [0.29, 0.717) is 5.69 Å². The zero-order valence-corrected chi connectivity index (χ0v) is 11.3. The molecule has 6 nitrogen and oxygen atoms in total. The lowest BCUT2D eigenvalue weighted by molar-refractivity contribution is -0.137. The highest BCUT2D eigenvalue weighted by molar-refractivity contribution is 5.99. The molecule has 1 aromatic heterocycles. The van der Waals surface area contributed by atoms with E-state index in [9.17, 15) is 18.0 Å². The minimum atomic E-state index is -4.47. The van der Waals surface area contributed by atoms with E-state index in [4.69, 9.17) is 5.11 Å². The predicted octanol–water partition coefficient (Wildman–Crippen LogP) is 2.54. The molecule has 9 heteroatoms. The fraction of sp³-hybridized carbons (Fsp3) is 0.231. The smallest absolute Gasteiger partial charge is 0.394 e. The average Bonchev–Trinajstić information content (AvgIpc) is 2.85. The maximum absolute atomic E-state index is 12.6. The Morgan fingerprint density at radius 3 is 2.68 bits per heavy atom. The molecule has 3 N–H and O–H groups in total. The molecule has 0 saturated heterocycles. The SMILES string of the molecule is O=C(Nc1cccc(C(F)(F)F)c1)Nc1cnn(CCO)c1. The van der Waals surface area contributed by atoms with Gasteiger partial charge in [-0.25, -0.2) is 4.79 Å². The van der Waals surface area contributed by atoms with Crippen LogP contribution in [0.4, 0.5) is 29.3 Å². The summed E-state index contributed by atoms with van der Waals surface area (Å²) < 4.78 is 39.1. The summed E-state index contributed by atoms with van der Waals surface area (Å²) in [6, 6.07) is 3.63. The number of hydrogen-bond donors (Lipinski definition) is 3. The lowest BCUT2D eigenvalue weighted by Crippen LogP contribution is -2.19. The molecule has 0 unspecified atom stereocenters. The number of rotatable bonds is 4. The van der Waals surface area contributed by atoms with Crippen LogP contribution in [-0.2, 0) is 12.7 Å². The monoisotopic (exact) mass is 314 g/mol. The van der Waals surface area contributed by atoms with Gasteiger partial charge in [-0.1, -0.05) is 6.07 Å². The number of carbonyl (C=O) groups is 1. The lowest BCUT2D eigenvalue weighted by Gasteiger charge is -2.10. The van der Waals surface area contributed by atoms with E-state index >= 15 is 0 Å². The summed E-state index contributed by atoms with van der Waals surface area (Å²) in [5, 5.41) is 17.4. The van der Waals surface area contributed by atoms with Crippen molar-refractivity contribution in [3.63, 3.8) is 0 Å². The Balaban J connectivity index is 1.99. The normalized spacial score (nSPS) is 11.3. The van der Waals surface area contributed by atoms with E-state index in [0.717, 1.165) is 12.1 Å². The first-order valence-corrected chi connectivity index (χ1v) is 6.27. The number of hydrogen-bond acceptors (Lipinski definition) is 3. The van der Waals surface area contributed by atoms with Gasteiger partial charge >= 0.3 is 12.2 Å². The molecule has 0 radical (unpaired) electrons. The lowest BCUT2D eigenvalue weighted by atomic mass is 10.2. The summed E-state index contributed by atoms with van der Waals surface area (Å²) in [7, 11) is 0. The molecule has 0 spiro atoms. The van der Waals surface area contributed by atoms with Gasteiger partial charge in [0.05, 0.1) is 30.6 Å². The molecule has 22 heavy (non-hydrogen) atoms. The molecule has 0 atom stereocenters. The van der Waals surface area contributed by atoms with Crippen LogP contribution in [0, 0.1) is 0 Å². The van der Waals surface area contributed by atoms with Gasteiger partial charge in [0.25, 0.3) is 0 Å². The summed E-state index contributed by atoms with van der Waals surface area (Å²) in [6.45, 7) is 0.175. The van der Waals surface area contributed by atoms with Crippen molar-refractivity contribution in [1.82, 2.24) is 9.78 Å². The first-order chi connectivity index (χ1) is 10.4. The molecule has 2 amide bonds. The molecule has 0 aliphatic rings. The van der Waals surface area contributed by atoms with E-state index in [-0.39, 0.29) is 18.8 Å². The Labute approximate surface area is 123 Å². The fourth-order valence-corrected chi connectivity index (χ4v) is 1.72. The van der Waals surface area contributed by atoms with Crippen molar-refractivity contribution in [3.8, 4) is 0 Å². The number of aromatic nitrogens is 2. The van der Waals surface area contributed by atoms with Crippen molar-refractivity contribution in [1.29, 1.82) is 0 Å². The number of carbonyl (C=O) groups excluding carboxylic acids is 1. The minimum absolute atomic E-state index is 0.0232. The Morgan fingerprint density at radius 2 is 2.00 bits per heavy atom. The van der Waals surface area contributed by atoms with Crippen LogP contribution >= 0.6 is 0 Å². The third-order valence-corrected chi connectivity index (χ3v) is 2.67. The standard InChI is InChI=1S/C13H13F3N4O2/c14-13(15,16)9-2-1-3-10(6-9)18-12(22)19-11-7-17-20(8-11)4-5-21/h1-3,6-8,21H,4-5H2,(H2,18,19,22). The third kappa shape index (κ3) is 4.22. The van der Waals surface area contributed by atoms with E-state index in [1.807, 2.05) is 0 Å². The van der Waals surface area contributed by atoms with E-state index in [1.165, 1.54) is 29.2 Å². The molecular weight excluding hydrogens is 301 g/mol. The highest BCUT2D eigenvalue weighted by Crippen LogP contribution is 2.30. The largest absolute Gasteiger partial charge is 0.416 e. The number of alkyl halides is 3. The maximum Gasteiger partial charge on any atom is 0.416 e. The van der Waals surface area contributed by atoms with Crippen LogP contribution in [-0.4, -0.2) is 27.5 Å². The number of urea groups is 1. The summed E-state index contributed by atoms with van der Waals surface area (Å²) in [6.07, 6.45) is -1.62. The fourth-order valence-electron chi connectivity index (χ4n) is 1.72. The average molecular weight is 314 g/mol. The maximum atomic E-state index is 12.6. The Kier molecular flexibility index (Phi) is 4.66. The molecule has 0 fully saturated rings. The van der Waals surface area contributed by atoms with Crippen LogP contribution in [0.15, 0.2) is 36.7 Å². The number of amides is 2. The quantitative estimate of drug-likeness (QED) is 0.811. The number of benzene rings is 1. The van der Waals surface area contributed by atoms with Crippen molar-refractivity contribution in [2.45, 2.75) is 12.7 Å². The molecular formula is C13H13F3N4O2. The molecule has 118 valence electrons. The van der Waals surface area contributed by atoms with Crippen LogP contribution in [0.25, 0.3) is 0 Å². The Morgan fingerprint density at radius 1 is 1.27 bits per heavy atom. The molecule has 0 aliphatic heterocycles. The number of nitrogens with zero attached hydrogens (tertiary/aromatic N) is 2. The van der Waals surface area contributed by atoms with Crippen molar-refractivity contribution in [2.24, 2.45) is 0 Å². The van der Waals surface area contributed by atoms with Gasteiger partial charge in [-0.15, -0.1) is 0 Å². The topological polar surface area (TPSA) is 79.2 Å². The van der Waals surface area contributed by atoms with Gasteiger partial charge in [0.2, 0.25) is 0 Å². The molecule has 0 bridgehead atoms. The summed E-state index contributed by atoms with van der Waals surface area (Å²) in [5.41, 5.74) is -0.464. The van der Waals surface area contributed by atoms with Gasteiger partial charge < -0.3 is 15.7 Å². The van der Waals surface area contributed by atoms with E-state index < -0.39 is 17.8 Å². The zero-order valence-electron chi connectivity index (χ0n) is 11.3. The van der Waals surface area contributed by atoms with Gasteiger partial charge in [-0.05, 0) is 18.2 Å². The number of nitrogens with one attached hydrogen (secondary N) is 2. The first-order valence-electron chi connectivity index (χ1n) is 6.27. The second kappa shape index (κ2) is 6.48. The van der Waals surface area contributed by atoms with Gasteiger partial charge in [0, 0.05) is 11.9 Å². The van der Waals surface area contributed by atoms with Crippen molar-refractivity contribution < 1.29 is 23.1 Å². The highest BCUT2D eigenvalue weighted by atomic mass is 19.4. The summed E-state index contributed by atoms with van der Waals surface area (Å²) >= 11 is 0. The molecule has 0 saturated carbocycles. The first kappa shape index (κ1) is 15.8. The summed E-state index contributed by atoms with van der Waals surface area (Å²) in [4.78, 5) is 11.7. The zero-order chi connectivity index (χ0) is 16.2. The minimum Gasteiger partial charge on any atom is -0.394 e. The van der Waals surface area contributed by atoms with Crippen LogP contribution in [0.2, 0.25) is 0 Å². The van der Waals surface area contributed by atoms with Crippen molar-refractivity contribution in [2.75, 3.05) is 17.2 Å². The van der Waals surface area contributed by atoms with Gasteiger partial charge in [-0.2, -0.15) is 18.3 Å². The van der Waals surface area contributed by atoms with Crippen LogP contribution in [0.5, 0.6) is 0 Å². The van der Waals surface area contributed by atoms with Gasteiger partial charge in [-0.3, -0.25) is 4.68 Å². The second-order valence-electron chi connectivity index (χ2n) is 4.37. The van der Waals surface area contributed by atoms with Crippen molar-refractivity contribution >= 4 is 17.4 Å². The van der Waals surface area contributed by atoms with Gasteiger partial charge in [0.1, 0.15) is 0 Å². The van der Waals surface area contributed by atoms with Crippen LogP contribution in [0.1, 0.15) is 5.56 Å². The molecule has 0 aliphatic carbocycles. The molecule has 1 heterocycles. The van der Waals surface area contributed by atoms with Crippen LogP contribution in [0.3, 0.4) is 0 Å². The Bertz CT molecular complexity index is 655. The predicted molar refractivity (Wildman–Crippen MR) is 73.4 cm³/mol. The molecule has 1 aromatic carbocycles. The number of aliphatic hydroxyl groups excluding tert-OH is 1. The molecule has 2 aromatic rings. The summed E-state index contributed by atoms with van der Waals surface area (Å²) in [5.74, 6) is 0. The van der Waals surface area contributed by atoms with Gasteiger partial charge in [0.15, 0.2) is 0 Å². The van der Waals surface area contributed by atoms with Crippen molar-refractivity contribution in [3.05, 3.63) is 42.2 Å². The third-order valence-electron chi connectivity index (χ3n) is 2.67. The molecule has 2 rings (SSSR count). The second-order valence-corrected chi connectivity index (χ2v) is 4.37. The van der Waals surface area contributed by atoms with E-state index in [2.05, 4.69) is 15.7 Å². The highest BCUT2D eigenvalue weighted by Gasteiger charge is 2.30.